The highest BCUT2D eigenvalue weighted by Crippen LogP contribution is 2.26. The van der Waals surface area contributed by atoms with Gasteiger partial charge in [0.2, 0.25) is 5.43 Å². The molecule has 1 aliphatic rings. The quantitative estimate of drug-likeness (QED) is 0.727. The molecule has 0 saturated carbocycles. The number of nitrogens with zero attached hydrogens (tertiary/aromatic N) is 4. The number of hydrogen-bond acceptors (Lipinski definition) is 6. The lowest BCUT2D eigenvalue weighted by molar-refractivity contribution is 0.0683. The molecule has 1 aliphatic heterocycles. The SMILES string of the molecule is Cc1nsc(-c2cn3c(c(O)c2=O)C(=O)N(Cc2cccc(Cl)c2)CC3)n1. The maximum absolute atomic E-state index is 12.9. The maximum Gasteiger partial charge on any atom is 0.274 e. The van der Waals surface area contributed by atoms with Gasteiger partial charge >= 0.3 is 0 Å². The standard InChI is InChI=1S/C18H15ClN4O3S/c1-10-20-17(27-21-10)13-9-22-5-6-23(8-11-3-2-4-12(19)7-11)18(26)14(22)16(25)15(13)24/h2-4,7,9,25H,5-6,8H2,1H3. The highest BCUT2D eigenvalue weighted by molar-refractivity contribution is 7.09. The molecule has 1 amide bonds. The van der Waals surface area contributed by atoms with Crippen molar-refractivity contribution < 1.29 is 9.90 Å². The van der Waals surface area contributed by atoms with Crippen LogP contribution >= 0.6 is 23.1 Å². The highest BCUT2D eigenvalue weighted by Gasteiger charge is 2.30. The molecule has 0 saturated heterocycles. The van der Waals surface area contributed by atoms with E-state index in [1.165, 1.54) is 0 Å². The molecule has 0 aliphatic carbocycles. The van der Waals surface area contributed by atoms with Gasteiger partial charge in [-0.25, -0.2) is 4.98 Å². The molecule has 1 N–H and O–H groups in total. The van der Waals surface area contributed by atoms with Crippen molar-refractivity contribution in [1.29, 1.82) is 0 Å². The van der Waals surface area contributed by atoms with Crippen LogP contribution < -0.4 is 5.43 Å². The highest BCUT2D eigenvalue weighted by atomic mass is 35.5. The Labute approximate surface area is 163 Å². The van der Waals surface area contributed by atoms with Crippen LogP contribution in [0, 0.1) is 6.92 Å². The number of carbonyl (C=O) groups is 1. The average Bonchev–Trinajstić information content (AvgIpc) is 3.06. The largest absolute Gasteiger partial charge is 0.503 e. The molecule has 0 atom stereocenters. The summed E-state index contributed by atoms with van der Waals surface area (Å²) >= 11 is 7.09. The van der Waals surface area contributed by atoms with Crippen molar-refractivity contribution in [3.8, 4) is 16.3 Å². The first kappa shape index (κ1) is 17.7. The van der Waals surface area contributed by atoms with Crippen molar-refractivity contribution in [3.63, 3.8) is 0 Å². The van der Waals surface area contributed by atoms with E-state index in [0.29, 0.717) is 35.5 Å². The van der Waals surface area contributed by atoms with Crippen LogP contribution in [0.3, 0.4) is 0 Å². The number of hydrogen-bond donors (Lipinski definition) is 1. The zero-order valence-electron chi connectivity index (χ0n) is 14.3. The molecule has 7 nitrogen and oxygen atoms in total. The van der Waals surface area contributed by atoms with E-state index in [-0.39, 0.29) is 11.3 Å². The van der Waals surface area contributed by atoms with Crippen molar-refractivity contribution in [2.24, 2.45) is 0 Å². The van der Waals surface area contributed by atoms with E-state index in [4.69, 9.17) is 11.6 Å². The Kier molecular flexibility index (Phi) is 4.45. The fourth-order valence-electron chi connectivity index (χ4n) is 3.10. The molecule has 0 spiro atoms. The van der Waals surface area contributed by atoms with Gasteiger partial charge in [0.25, 0.3) is 5.91 Å². The topological polar surface area (TPSA) is 88.3 Å². The number of aromatic nitrogens is 3. The third kappa shape index (κ3) is 3.22. The summed E-state index contributed by atoms with van der Waals surface area (Å²) in [7, 11) is 0. The van der Waals surface area contributed by atoms with E-state index in [9.17, 15) is 14.7 Å². The van der Waals surface area contributed by atoms with Crippen molar-refractivity contribution in [2.75, 3.05) is 6.54 Å². The van der Waals surface area contributed by atoms with Crippen molar-refractivity contribution in [1.82, 2.24) is 18.8 Å². The summed E-state index contributed by atoms with van der Waals surface area (Å²) in [6.07, 6.45) is 1.58. The van der Waals surface area contributed by atoms with E-state index in [2.05, 4.69) is 9.36 Å². The van der Waals surface area contributed by atoms with Crippen molar-refractivity contribution in [3.05, 3.63) is 62.8 Å². The molecule has 0 unspecified atom stereocenters. The Hall–Kier alpha value is -2.71. The number of halogens is 1. The molecule has 1 aromatic carbocycles. The molecule has 0 bridgehead atoms. The van der Waals surface area contributed by atoms with Crippen LogP contribution in [-0.4, -0.2) is 36.4 Å². The van der Waals surface area contributed by atoms with Gasteiger partial charge in [-0.3, -0.25) is 9.59 Å². The van der Waals surface area contributed by atoms with Crippen LogP contribution in [0.15, 0.2) is 35.3 Å². The molecule has 0 radical (unpaired) electrons. The van der Waals surface area contributed by atoms with Crippen LogP contribution in [0.4, 0.5) is 0 Å². The van der Waals surface area contributed by atoms with Crippen molar-refractivity contribution in [2.45, 2.75) is 20.0 Å². The molecular formula is C18H15ClN4O3S. The summed E-state index contributed by atoms with van der Waals surface area (Å²) in [6, 6.07) is 7.25. The van der Waals surface area contributed by atoms with E-state index < -0.39 is 17.1 Å². The number of aryl methyl sites for hydroxylation is 1. The second-order valence-electron chi connectivity index (χ2n) is 6.27. The minimum absolute atomic E-state index is 0.00161. The fourth-order valence-corrected chi connectivity index (χ4v) is 3.98. The molecule has 27 heavy (non-hydrogen) atoms. The summed E-state index contributed by atoms with van der Waals surface area (Å²) < 4.78 is 5.68. The van der Waals surface area contributed by atoms with Gasteiger partial charge in [0.15, 0.2) is 11.4 Å². The van der Waals surface area contributed by atoms with Gasteiger partial charge in [-0.05, 0) is 36.2 Å². The summed E-state index contributed by atoms with van der Waals surface area (Å²) in [5, 5.41) is 11.5. The molecule has 0 fully saturated rings. The Morgan fingerprint density at radius 3 is 2.81 bits per heavy atom. The second kappa shape index (κ2) is 6.79. The van der Waals surface area contributed by atoms with Crippen LogP contribution in [0.2, 0.25) is 5.02 Å². The molecule has 9 heteroatoms. The number of aromatic hydroxyl groups is 1. The van der Waals surface area contributed by atoms with E-state index in [1.807, 2.05) is 12.1 Å². The molecular weight excluding hydrogens is 388 g/mol. The molecule has 138 valence electrons. The average molecular weight is 403 g/mol. The van der Waals surface area contributed by atoms with Gasteiger partial charge in [-0.15, -0.1) is 0 Å². The fraction of sp³-hybridized carbons (Fsp3) is 0.222. The van der Waals surface area contributed by atoms with Crippen LogP contribution in [0.5, 0.6) is 5.75 Å². The lowest BCUT2D eigenvalue weighted by Gasteiger charge is -2.30. The number of rotatable bonds is 3. The van der Waals surface area contributed by atoms with Crippen LogP contribution in [0.1, 0.15) is 21.9 Å². The van der Waals surface area contributed by atoms with Gasteiger partial charge in [0, 0.05) is 30.9 Å². The molecule has 2 aromatic heterocycles. The maximum atomic E-state index is 12.9. The summed E-state index contributed by atoms with van der Waals surface area (Å²) in [5.41, 5.74) is 0.513. The van der Waals surface area contributed by atoms with Crippen molar-refractivity contribution >= 4 is 29.0 Å². The first-order chi connectivity index (χ1) is 12.9. The Morgan fingerprint density at radius 1 is 1.30 bits per heavy atom. The number of benzene rings is 1. The minimum atomic E-state index is -0.615. The number of pyridine rings is 1. The molecule has 3 aromatic rings. The molecule has 4 rings (SSSR count). The Morgan fingerprint density at radius 2 is 2.11 bits per heavy atom. The van der Waals surface area contributed by atoms with Gasteiger partial charge in [-0.1, -0.05) is 23.7 Å². The predicted octanol–water partition coefficient (Wildman–Crippen LogP) is 2.69. The van der Waals surface area contributed by atoms with E-state index in [0.717, 1.165) is 17.1 Å². The number of carbonyl (C=O) groups excluding carboxylic acids is 1. The lowest BCUT2D eigenvalue weighted by Crippen LogP contribution is -2.41. The first-order valence-electron chi connectivity index (χ1n) is 8.25. The summed E-state index contributed by atoms with van der Waals surface area (Å²) in [4.78, 5) is 31.3. The van der Waals surface area contributed by atoms with Gasteiger partial charge in [-0.2, -0.15) is 4.37 Å². The summed E-state index contributed by atoms with van der Waals surface area (Å²) in [6.45, 7) is 2.99. The lowest BCUT2D eigenvalue weighted by atomic mass is 10.1. The third-order valence-electron chi connectivity index (χ3n) is 4.38. The minimum Gasteiger partial charge on any atom is -0.503 e. The van der Waals surface area contributed by atoms with Crippen LogP contribution in [0.25, 0.3) is 10.6 Å². The zero-order valence-corrected chi connectivity index (χ0v) is 15.9. The number of fused-ring (bicyclic) bond motifs is 1. The normalized spacial score (nSPS) is 13.7. The van der Waals surface area contributed by atoms with Gasteiger partial charge < -0.3 is 14.6 Å². The first-order valence-corrected chi connectivity index (χ1v) is 9.40. The Balaban J connectivity index is 1.71. The smallest absolute Gasteiger partial charge is 0.274 e. The predicted molar refractivity (Wildman–Crippen MR) is 102 cm³/mol. The number of amides is 1. The van der Waals surface area contributed by atoms with Gasteiger partial charge in [0.1, 0.15) is 10.8 Å². The second-order valence-corrected chi connectivity index (χ2v) is 7.45. The molecule has 3 heterocycles. The Bertz CT molecular complexity index is 1110. The van der Waals surface area contributed by atoms with E-state index in [1.54, 1.807) is 34.7 Å². The zero-order chi connectivity index (χ0) is 19.1. The van der Waals surface area contributed by atoms with Crippen LogP contribution in [-0.2, 0) is 13.1 Å². The monoisotopic (exact) mass is 402 g/mol. The van der Waals surface area contributed by atoms with E-state index >= 15 is 0 Å². The summed E-state index contributed by atoms with van der Waals surface area (Å²) in [5.74, 6) is -0.391. The third-order valence-corrected chi connectivity index (χ3v) is 5.45. The van der Waals surface area contributed by atoms with Gasteiger partial charge in [0.05, 0.1) is 5.56 Å².